The van der Waals surface area contributed by atoms with Gasteiger partial charge in [0.05, 0.1) is 0 Å². The maximum Gasteiger partial charge on any atom is 0.0438 e. The van der Waals surface area contributed by atoms with Crippen LogP contribution in [0.3, 0.4) is 0 Å². The third-order valence-corrected chi connectivity index (χ3v) is 4.85. The van der Waals surface area contributed by atoms with Gasteiger partial charge in [-0.05, 0) is 29.4 Å². The zero-order valence-electron chi connectivity index (χ0n) is 14.6. The molecule has 1 aliphatic heterocycles. The molecule has 0 aliphatic carbocycles. The second-order valence-electron chi connectivity index (χ2n) is 7.77. The molecule has 118 valence electrons. The number of hydrogen-bond acceptors (Lipinski definition) is 2. The second-order valence-corrected chi connectivity index (χ2v) is 7.77. The molecule has 0 bridgehead atoms. The molecule has 1 aromatic rings. The maximum atomic E-state index is 3.79. The molecule has 21 heavy (non-hydrogen) atoms. The SMILES string of the molecule is CCc1ccccc1N1CC(C(C)(C)C)NCC1C(C)C. The van der Waals surface area contributed by atoms with Gasteiger partial charge in [-0.2, -0.15) is 0 Å². The predicted octanol–water partition coefficient (Wildman–Crippen LogP) is 4.10. The van der Waals surface area contributed by atoms with Crippen molar-refractivity contribution in [3.63, 3.8) is 0 Å². The third kappa shape index (κ3) is 3.60. The average Bonchev–Trinajstić information content (AvgIpc) is 2.45. The lowest BCUT2D eigenvalue weighted by molar-refractivity contribution is 0.220. The molecule has 0 saturated carbocycles. The molecular weight excluding hydrogens is 256 g/mol. The lowest BCUT2D eigenvalue weighted by atomic mass is 9.83. The van der Waals surface area contributed by atoms with Gasteiger partial charge in [-0.1, -0.05) is 59.7 Å². The summed E-state index contributed by atoms with van der Waals surface area (Å²) in [5.74, 6) is 0.656. The van der Waals surface area contributed by atoms with Crippen molar-refractivity contribution in [2.75, 3.05) is 18.0 Å². The van der Waals surface area contributed by atoms with Crippen LogP contribution in [-0.2, 0) is 6.42 Å². The Bertz CT molecular complexity index is 459. The van der Waals surface area contributed by atoms with Crippen molar-refractivity contribution in [3.8, 4) is 0 Å². The van der Waals surface area contributed by atoms with E-state index >= 15 is 0 Å². The van der Waals surface area contributed by atoms with Crippen molar-refractivity contribution in [1.29, 1.82) is 0 Å². The number of nitrogens with one attached hydrogen (secondary N) is 1. The minimum atomic E-state index is 0.293. The Labute approximate surface area is 130 Å². The largest absolute Gasteiger partial charge is 0.365 e. The van der Waals surface area contributed by atoms with Crippen LogP contribution in [0.5, 0.6) is 0 Å². The normalized spacial score (nSPS) is 23.7. The van der Waals surface area contributed by atoms with Crippen LogP contribution >= 0.6 is 0 Å². The first-order valence-corrected chi connectivity index (χ1v) is 8.42. The fourth-order valence-electron chi connectivity index (χ4n) is 3.31. The molecule has 0 spiro atoms. The van der Waals surface area contributed by atoms with Crippen molar-refractivity contribution in [2.45, 2.75) is 60.0 Å². The lowest BCUT2D eigenvalue weighted by Crippen LogP contribution is -2.62. The minimum Gasteiger partial charge on any atom is -0.365 e. The lowest BCUT2D eigenvalue weighted by Gasteiger charge is -2.48. The highest BCUT2D eigenvalue weighted by Gasteiger charge is 2.35. The predicted molar refractivity (Wildman–Crippen MR) is 93.0 cm³/mol. The van der Waals surface area contributed by atoms with Gasteiger partial charge >= 0.3 is 0 Å². The smallest absolute Gasteiger partial charge is 0.0438 e. The molecule has 1 aromatic carbocycles. The van der Waals surface area contributed by atoms with E-state index in [1.54, 1.807) is 0 Å². The Morgan fingerprint density at radius 1 is 1.24 bits per heavy atom. The van der Waals surface area contributed by atoms with Gasteiger partial charge in [-0.25, -0.2) is 0 Å². The molecule has 1 N–H and O–H groups in total. The quantitative estimate of drug-likeness (QED) is 0.901. The van der Waals surface area contributed by atoms with E-state index < -0.39 is 0 Å². The molecule has 1 fully saturated rings. The molecule has 2 rings (SSSR count). The summed E-state index contributed by atoms with van der Waals surface area (Å²) < 4.78 is 0. The van der Waals surface area contributed by atoms with Crippen LogP contribution in [0.1, 0.15) is 47.1 Å². The molecule has 2 unspecified atom stereocenters. The van der Waals surface area contributed by atoms with Crippen LogP contribution in [0.15, 0.2) is 24.3 Å². The first-order valence-electron chi connectivity index (χ1n) is 8.42. The van der Waals surface area contributed by atoms with Gasteiger partial charge in [0.2, 0.25) is 0 Å². The zero-order chi connectivity index (χ0) is 15.6. The van der Waals surface area contributed by atoms with Crippen LogP contribution in [0.25, 0.3) is 0 Å². The van der Waals surface area contributed by atoms with Gasteiger partial charge in [-0.3, -0.25) is 0 Å². The van der Waals surface area contributed by atoms with E-state index in [1.165, 1.54) is 11.3 Å². The number of aryl methyl sites for hydroxylation is 1. The summed E-state index contributed by atoms with van der Waals surface area (Å²) in [6.07, 6.45) is 1.10. The molecule has 2 nitrogen and oxygen atoms in total. The number of benzene rings is 1. The second kappa shape index (κ2) is 6.39. The molecule has 1 saturated heterocycles. The summed E-state index contributed by atoms with van der Waals surface area (Å²) >= 11 is 0. The Morgan fingerprint density at radius 2 is 1.90 bits per heavy atom. The van der Waals surface area contributed by atoms with Gasteiger partial charge in [0.1, 0.15) is 0 Å². The van der Waals surface area contributed by atoms with Crippen molar-refractivity contribution >= 4 is 5.69 Å². The minimum absolute atomic E-state index is 0.293. The number of para-hydroxylation sites is 1. The van der Waals surface area contributed by atoms with Crippen LogP contribution < -0.4 is 10.2 Å². The average molecular weight is 288 g/mol. The number of piperazine rings is 1. The first kappa shape index (κ1) is 16.4. The highest BCUT2D eigenvalue weighted by molar-refractivity contribution is 5.55. The number of rotatable bonds is 3. The van der Waals surface area contributed by atoms with E-state index in [-0.39, 0.29) is 0 Å². The van der Waals surface area contributed by atoms with Gasteiger partial charge in [0.25, 0.3) is 0 Å². The molecular formula is C19H32N2. The highest BCUT2D eigenvalue weighted by atomic mass is 15.2. The Balaban J connectivity index is 2.34. The van der Waals surface area contributed by atoms with E-state index in [1.807, 2.05) is 0 Å². The summed E-state index contributed by atoms with van der Waals surface area (Å²) in [6, 6.07) is 10.0. The van der Waals surface area contributed by atoms with E-state index in [4.69, 9.17) is 0 Å². The van der Waals surface area contributed by atoms with Gasteiger partial charge < -0.3 is 10.2 Å². The number of nitrogens with zero attached hydrogens (tertiary/aromatic N) is 1. The third-order valence-electron chi connectivity index (χ3n) is 4.85. The summed E-state index contributed by atoms with van der Waals surface area (Å²) in [6.45, 7) is 16.1. The number of hydrogen-bond donors (Lipinski definition) is 1. The van der Waals surface area contributed by atoms with Gasteiger partial charge in [0, 0.05) is 30.9 Å². The molecule has 1 aliphatic rings. The number of anilines is 1. The summed E-state index contributed by atoms with van der Waals surface area (Å²) in [7, 11) is 0. The monoisotopic (exact) mass is 288 g/mol. The summed E-state index contributed by atoms with van der Waals surface area (Å²) in [4.78, 5) is 2.66. The Kier molecular flexibility index (Phi) is 4.98. The van der Waals surface area contributed by atoms with Crippen LogP contribution in [0.2, 0.25) is 0 Å². The van der Waals surface area contributed by atoms with E-state index in [0.29, 0.717) is 23.4 Å². The standard InChI is InChI=1S/C19H32N2/c1-7-15-10-8-9-11-16(15)21-13-18(19(4,5)6)20-12-17(21)14(2)3/h8-11,14,17-18,20H,7,12-13H2,1-6H3. The molecule has 2 heteroatoms. The molecule has 1 heterocycles. The molecule has 0 aromatic heterocycles. The maximum absolute atomic E-state index is 3.79. The molecule has 2 atom stereocenters. The van der Waals surface area contributed by atoms with Gasteiger partial charge in [-0.15, -0.1) is 0 Å². The Morgan fingerprint density at radius 3 is 2.48 bits per heavy atom. The topological polar surface area (TPSA) is 15.3 Å². The van der Waals surface area contributed by atoms with Crippen LogP contribution in [-0.4, -0.2) is 25.2 Å². The summed E-state index contributed by atoms with van der Waals surface area (Å²) in [5, 5.41) is 3.79. The first-order chi connectivity index (χ1) is 9.84. The highest BCUT2D eigenvalue weighted by Crippen LogP contribution is 2.31. The Hall–Kier alpha value is -1.02. The van der Waals surface area contributed by atoms with E-state index in [2.05, 4.69) is 76.0 Å². The van der Waals surface area contributed by atoms with Crippen molar-refractivity contribution in [1.82, 2.24) is 5.32 Å². The molecule has 0 amide bonds. The fraction of sp³-hybridized carbons (Fsp3) is 0.684. The van der Waals surface area contributed by atoms with Crippen molar-refractivity contribution < 1.29 is 0 Å². The fourth-order valence-corrected chi connectivity index (χ4v) is 3.31. The van der Waals surface area contributed by atoms with Crippen LogP contribution in [0, 0.1) is 11.3 Å². The van der Waals surface area contributed by atoms with Crippen molar-refractivity contribution in [3.05, 3.63) is 29.8 Å². The zero-order valence-corrected chi connectivity index (χ0v) is 14.6. The molecule has 0 radical (unpaired) electrons. The van der Waals surface area contributed by atoms with E-state index in [0.717, 1.165) is 19.5 Å². The summed E-state index contributed by atoms with van der Waals surface area (Å²) in [5.41, 5.74) is 3.20. The van der Waals surface area contributed by atoms with Crippen molar-refractivity contribution in [2.24, 2.45) is 11.3 Å². The van der Waals surface area contributed by atoms with E-state index in [9.17, 15) is 0 Å². The van der Waals surface area contributed by atoms with Gasteiger partial charge in [0.15, 0.2) is 0 Å². The van der Waals surface area contributed by atoms with Crippen LogP contribution in [0.4, 0.5) is 5.69 Å².